The van der Waals surface area contributed by atoms with Gasteiger partial charge in [-0.1, -0.05) is 6.92 Å². The van der Waals surface area contributed by atoms with Crippen molar-refractivity contribution in [1.29, 1.82) is 0 Å². The molecule has 0 radical (unpaired) electrons. The van der Waals surface area contributed by atoms with E-state index in [0.717, 1.165) is 19.3 Å². The molecule has 0 spiro atoms. The predicted molar refractivity (Wildman–Crippen MR) is 93.9 cm³/mol. The van der Waals surface area contributed by atoms with Gasteiger partial charge in [-0.15, -0.1) is 0 Å². The maximum absolute atomic E-state index is 12.4. The molecule has 0 saturated carbocycles. The van der Waals surface area contributed by atoms with Crippen LogP contribution in [0, 0.1) is 5.92 Å². The molecule has 3 amide bonds. The first-order valence-electron chi connectivity index (χ1n) is 9.25. The molecule has 0 aromatic carbocycles. The van der Waals surface area contributed by atoms with Gasteiger partial charge < -0.3 is 19.9 Å². The van der Waals surface area contributed by atoms with Crippen molar-refractivity contribution in [2.24, 2.45) is 5.92 Å². The number of fused-ring (bicyclic) bond motifs is 1. The van der Waals surface area contributed by atoms with Gasteiger partial charge in [0.15, 0.2) is 0 Å². The lowest BCUT2D eigenvalue weighted by molar-refractivity contribution is -0.134. The molecule has 142 valence electrons. The number of nitrogens with one attached hydrogen (secondary N) is 1. The first-order chi connectivity index (χ1) is 11.7. The van der Waals surface area contributed by atoms with Crippen LogP contribution in [0.3, 0.4) is 0 Å². The molecule has 7 nitrogen and oxygen atoms in total. The van der Waals surface area contributed by atoms with E-state index in [1.165, 1.54) is 0 Å². The zero-order valence-corrected chi connectivity index (χ0v) is 15.8. The van der Waals surface area contributed by atoms with Crippen molar-refractivity contribution in [2.75, 3.05) is 26.2 Å². The summed E-state index contributed by atoms with van der Waals surface area (Å²) in [5, 5.41) is 2.67. The van der Waals surface area contributed by atoms with E-state index < -0.39 is 5.60 Å². The van der Waals surface area contributed by atoms with E-state index in [0.29, 0.717) is 32.0 Å². The fraction of sp³-hybridized carbons (Fsp3) is 0.833. The van der Waals surface area contributed by atoms with Crippen molar-refractivity contribution in [1.82, 2.24) is 15.1 Å². The third kappa shape index (κ3) is 5.34. The summed E-state index contributed by atoms with van der Waals surface area (Å²) in [6.07, 6.45) is 2.74. The van der Waals surface area contributed by atoms with Gasteiger partial charge in [0.1, 0.15) is 5.60 Å². The van der Waals surface area contributed by atoms with E-state index >= 15 is 0 Å². The smallest absolute Gasteiger partial charge is 0.410 e. The standard InChI is InChI=1S/C18H31N3O4/c1-5-6-15(22)19-11-16(23)20-9-7-13-8-10-21(14(13)12-20)17(24)25-18(2,3)4/h13-14H,5-12H2,1-4H3,(H,19,22)/t13-,14-/m1/s1. The Balaban J connectivity index is 1.91. The molecule has 1 N–H and O–H groups in total. The number of likely N-dealkylation sites (tertiary alicyclic amines) is 2. The Morgan fingerprint density at radius 3 is 2.48 bits per heavy atom. The Bertz CT molecular complexity index is 515. The molecule has 0 bridgehead atoms. The van der Waals surface area contributed by atoms with Crippen LogP contribution in [0.15, 0.2) is 0 Å². The molecular weight excluding hydrogens is 322 g/mol. The molecule has 2 fully saturated rings. The van der Waals surface area contributed by atoms with Crippen LogP contribution in [0.4, 0.5) is 4.79 Å². The number of ether oxygens (including phenoxy) is 1. The number of amides is 3. The van der Waals surface area contributed by atoms with Gasteiger partial charge in [0.25, 0.3) is 0 Å². The number of rotatable bonds is 4. The largest absolute Gasteiger partial charge is 0.444 e. The van der Waals surface area contributed by atoms with Crippen molar-refractivity contribution < 1.29 is 19.1 Å². The average molecular weight is 353 g/mol. The molecule has 7 heteroatoms. The second-order valence-electron chi connectivity index (χ2n) is 7.94. The van der Waals surface area contributed by atoms with Gasteiger partial charge in [0, 0.05) is 26.1 Å². The summed E-state index contributed by atoms with van der Waals surface area (Å²) < 4.78 is 5.50. The summed E-state index contributed by atoms with van der Waals surface area (Å²) in [5.41, 5.74) is -0.525. The molecule has 25 heavy (non-hydrogen) atoms. The van der Waals surface area contributed by atoms with Crippen LogP contribution in [0.25, 0.3) is 0 Å². The monoisotopic (exact) mass is 353 g/mol. The zero-order valence-electron chi connectivity index (χ0n) is 15.8. The minimum atomic E-state index is -0.525. The number of hydrogen-bond acceptors (Lipinski definition) is 4. The van der Waals surface area contributed by atoms with E-state index in [4.69, 9.17) is 4.74 Å². The van der Waals surface area contributed by atoms with E-state index in [1.807, 2.05) is 27.7 Å². The van der Waals surface area contributed by atoms with Crippen molar-refractivity contribution in [2.45, 2.75) is 65.0 Å². The molecule has 2 heterocycles. The summed E-state index contributed by atoms with van der Waals surface area (Å²) in [5.74, 6) is 0.243. The van der Waals surface area contributed by atoms with Gasteiger partial charge in [-0.2, -0.15) is 0 Å². The molecule has 0 aromatic heterocycles. The van der Waals surface area contributed by atoms with E-state index in [-0.39, 0.29) is 30.5 Å². The van der Waals surface area contributed by atoms with Crippen molar-refractivity contribution in [3.63, 3.8) is 0 Å². The van der Waals surface area contributed by atoms with Crippen LogP contribution in [0.5, 0.6) is 0 Å². The Hall–Kier alpha value is -1.79. The molecule has 0 unspecified atom stereocenters. The summed E-state index contributed by atoms with van der Waals surface area (Å²) in [7, 11) is 0. The molecule has 2 atom stereocenters. The van der Waals surface area contributed by atoms with Gasteiger partial charge in [0.2, 0.25) is 11.8 Å². The summed E-state index contributed by atoms with van der Waals surface area (Å²) in [6, 6.07) is 0.0129. The summed E-state index contributed by atoms with van der Waals surface area (Å²) >= 11 is 0. The lowest BCUT2D eigenvalue weighted by atomic mass is 9.92. The topological polar surface area (TPSA) is 79.0 Å². The van der Waals surface area contributed by atoms with Crippen LogP contribution in [-0.4, -0.2) is 65.5 Å². The third-order valence-electron chi connectivity index (χ3n) is 4.76. The van der Waals surface area contributed by atoms with Crippen LogP contribution in [0.2, 0.25) is 0 Å². The van der Waals surface area contributed by atoms with Crippen molar-refractivity contribution in [3.8, 4) is 0 Å². The molecular formula is C18H31N3O4. The lowest BCUT2D eigenvalue weighted by Gasteiger charge is -2.38. The van der Waals surface area contributed by atoms with Crippen molar-refractivity contribution in [3.05, 3.63) is 0 Å². The average Bonchev–Trinajstić information content (AvgIpc) is 2.94. The fourth-order valence-electron chi connectivity index (χ4n) is 3.52. The van der Waals surface area contributed by atoms with Gasteiger partial charge in [-0.05, 0) is 46.0 Å². The van der Waals surface area contributed by atoms with E-state index in [1.54, 1.807) is 9.80 Å². The predicted octanol–water partition coefficient (Wildman–Crippen LogP) is 1.76. The normalized spacial score (nSPS) is 23.2. The Morgan fingerprint density at radius 1 is 1.16 bits per heavy atom. The number of piperidine rings is 1. The van der Waals surface area contributed by atoms with Gasteiger partial charge in [0.05, 0.1) is 12.6 Å². The van der Waals surface area contributed by atoms with Crippen LogP contribution in [-0.2, 0) is 14.3 Å². The fourth-order valence-corrected chi connectivity index (χ4v) is 3.52. The highest BCUT2D eigenvalue weighted by atomic mass is 16.6. The molecule has 2 aliphatic heterocycles. The van der Waals surface area contributed by atoms with Gasteiger partial charge in [-0.3, -0.25) is 9.59 Å². The minimum Gasteiger partial charge on any atom is -0.444 e. The Morgan fingerprint density at radius 2 is 1.84 bits per heavy atom. The van der Waals surface area contributed by atoms with Crippen molar-refractivity contribution >= 4 is 17.9 Å². The molecule has 0 aliphatic carbocycles. The second-order valence-corrected chi connectivity index (χ2v) is 7.94. The lowest BCUT2D eigenvalue weighted by Crippen LogP contribution is -2.53. The van der Waals surface area contributed by atoms with Gasteiger partial charge in [-0.25, -0.2) is 4.79 Å². The SMILES string of the molecule is CCCC(=O)NCC(=O)N1CC[C@@H]2CCN(C(=O)OC(C)(C)C)[C@@H]2C1. The quantitative estimate of drug-likeness (QED) is 0.835. The van der Waals surface area contributed by atoms with Gasteiger partial charge >= 0.3 is 6.09 Å². The number of carbonyl (C=O) groups excluding carboxylic acids is 3. The first-order valence-corrected chi connectivity index (χ1v) is 9.25. The zero-order chi connectivity index (χ0) is 18.6. The minimum absolute atomic E-state index is 0.0129. The van der Waals surface area contributed by atoms with E-state index in [9.17, 15) is 14.4 Å². The highest BCUT2D eigenvalue weighted by molar-refractivity contribution is 5.84. The number of carbonyl (C=O) groups is 3. The second kappa shape index (κ2) is 8.06. The number of nitrogens with zero attached hydrogens (tertiary/aromatic N) is 2. The Kier molecular flexibility index (Phi) is 6.30. The highest BCUT2D eigenvalue weighted by Gasteiger charge is 2.42. The molecule has 2 saturated heterocycles. The molecule has 2 aliphatic rings. The van der Waals surface area contributed by atoms with E-state index in [2.05, 4.69) is 5.32 Å². The summed E-state index contributed by atoms with van der Waals surface area (Å²) in [6.45, 7) is 9.41. The van der Waals surface area contributed by atoms with Crippen LogP contribution >= 0.6 is 0 Å². The molecule has 0 aromatic rings. The van der Waals surface area contributed by atoms with Crippen LogP contribution < -0.4 is 5.32 Å². The summed E-state index contributed by atoms with van der Waals surface area (Å²) in [4.78, 5) is 39.9. The van der Waals surface area contributed by atoms with Crippen LogP contribution in [0.1, 0.15) is 53.4 Å². The number of hydrogen-bond donors (Lipinski definition) is 1. The third-order valence-corrected chi connectivity index (χ3v) is 4.76. The first kappa shape index (κ1) is 19.5. The maximum atomic E-state index is 12.4. The molecule has 2 rings (SSSR count). The Labute approximate surface area is 150 Å². The maximum Gasteiger partial charge on any atom is 0.410 e. The highest BCUT2D eigenvalue weighted by Crippen LogP contribution is 2.32.